The second kappa shape index (κ2) is 16.0. The van der Waals surface area contributed by atoms with Gasteiger partial charge in [0.2, 0.25) is 0 Å². The maximum Gasteiger partial charge on any atom is 0.164 e. The van der Waals surface area contributed by atoms with Crippen LogP contribution >= 0.6 is 0 Å². The quantitative estimate of drug-likeness (QED) is 0.153. The zero-order valence-corrected chi connectivity index (χ0v) is 34.0. The van der Waals surface area contributed by atoms with Crippen molar-refractivity contribution in [3.63, 3.8) is 0 Å². The molecule has 2 aromatic heterocycles. The van der Waals surface area contributed by atoms with Crippen molar-refractivity contribution in [3.8, 4) is 95.9 Å². The third kappa shape index (κ3) is 7.22. The Morgan fingerprint density at radius 1 is 0.317 bits per heavy atom. The summed E-state index contributed by atoms with van der Waals surface area (Å²) in [5, 5.41) is 11.7. The van der Waals surface area contributed by atoms with E-state index in [1.165, 1.54) is 11.1 Å². The molecule has 0 unspecified atom stereocenters. The molecule has 0 spiro atoms. The molecule has 0 radical (unpaired) electrons. The van der Waals surface area contributed by atoms with E-state index in [0.29, 0.717) is 23.0 Å². The van der Waals surface area contributed by atoms with Crippen molar-refractivity contribution < 1.29 is 4.42 Å². The second-order valence-corrected chi connectivity index (χ2v) is 15.5. The van der Waals surface area contributed by atoms with E-state index in [1.807, 2.05) is 72.8 Å². The summed E-state index contributed by atoms with van der Waals surface area (Å²) in [6.07, 6.45) is 0. The van der Waals surface area contributed by atoms with Crippen LogP contribution in [-0.4, -0.2) is 15.0 Å². The van der Waals surface area contributed by atoms with Crippen LogP contribution < -0.4 is 0 Å². The van der Waals surface area contributed by atoms with E-state index >= 15 is 0 Å². The Bertz CT molecular complexity index is 3510. The van der Waals surface area contributed by atoms with E-state index in [1.54, 1.807) is 0 Å². The average Bonchev–Trinajstić information content (AvgIpc) is 3.75. The van der Waals surface area contributed by atoms with Gasteiger partial charge in [0.05, 0.1) is 11.6 Å². The maximum absolute atomic E-state index is 9.61. The number of nitrogens with zero attached hydrogens (tertiary/aromatic N) is 4. The first kappa shape index (κ1) is 37.3. The van der Waals surface area contributed by atoms with Crippen LogP contribution in [0.25, 0.3) is 112 Å². The molecule has 0 saturated carbocycles. The number of fused-ring (bicyclic) bond motifs is 3. The molecule has 0 aliphatic rings. The minimum absolute atomic E-state index is 0.529. The van der Waals surface area contributed by atoms with Gasteiger partial charge in [0, 0.05) is 27.5 Å². The van der Waals surface area contributed by atoms with Crippen LogP contribution in [0.3, 0.4) is 0 Å². The number of hydrogen-bond donors (Lipinski definition) is 0. The van der Waals surface area contributed by atoms with E-state index in [4.69, 9.17) is 19.4 Å². The predicted octanol–water partition coefficient (Wildman–Crippen LogP) is 15.0. The van der Waals surface area contributed by atoms with Gasteiger partial charge in [0.1, 0.15) is 11.2 Å². The van der Waals surface area contributed by atoms with Crippen molar-refractivity contribution >= 4 is 21.9 Å². The fourth-order valence-electron chi connectivity index (χ4n) is 8.47. The summed E-state index contributed by atoms with van der Waals surface area (Å²) >= 11 is 0. The highest BCUT2D eigenvalue weighted by atomic mass is 16.3. The van der Waals surface area contributed by atoms with Gasteiger partial charge in [-0.25, -0.2) is 15.0 Å². The van der Waals surface area contributed by atoms with Gasteiger partial charge in [0.25, 0.3) is 0 Å². The Kier molecular flexibility index (Phi) is 9.50. The SMILES string of the molecule is N#Cc1cccc(-c2cccc(-c3nc(-c4cccc(-c5ccc(-c6ccccc6)cc5)c4)nc(-c4ccc5c(c4)oc4cccc(-c6ccccc6-c6ccccc6)c45)n3)c2)c1. The van der Waals surface area contributed by atoms with Gasteiger partial charge in [-0.1, -0.05) is 176 Å². The molecule has 0 atom stereocenters. The molecule has 0 aliphatic carbocycles. The molecule has 11 rings (SSSR count). The van der Waals surface area contributed by atoms with Crippen LogP contribution in [0.2, 0.25) is 0 Å². The Labute approximate surface area is 364 Å². The summed E-state index contributed by atoms with van der Waals surface area (Å²) < 4.78 is 6.64. The number of rotatable bonds is 8. The molecular weight excluding hydrogens is 769 g/mol. The number of nitriles is 1. The van der Waals surface area contributed by atoms with Crippen LogP contribution in [0.1, 0.15) is 5.56 Å². The van der Waals surface area contributed by atoms with Gasteiger partial charge in [-0.2, -0.15) is 5.26 Å². The van der Waals surface area contributed by atoms with E-state index in [0.717, 1.165) is 83.1 Å². The monoisotopic (exact) mass is 804 g/mol. The smallest absolute Gasteiger partial charge is 0.164 e. The lowest BCUT2D eigenvalue weighted by molar-refractivity contribution is 0.669. The standard InChI is InChI=1S/C58H36N4O/c59-37-38-13-9-18-43(33-38)45-20-11-22-47(35-45)57-60-56(46-21-10-19-44(34-46)41-29-27-40(28-30-41)39-14-3-1-4-15-39)61-58(62-57)48-31-32-52-54(36-48)63-53-26-12-25-51(55(52)53)50-24-8-7-23-49(50)42-16-5-2-6-17-42/h1-36H. The van der Waals surface area contributed by atoms with E-state index in [9.17, 15) is 5.26 Å². The molecule has 0 saturated heterocycles. The van der Waals surface area contributed by atoms with E-state index in [2.05, 4.69) is 152 Å². The molecule has 0 aliphatic heterocycles. The largest absolute Gasteiger partial charge is 0.456 e. The first-order chi connectivity index (χ1) is 31.1. The van der Waals surface area contributed by atoms with Crippen molar-refractivity contribution in [2.24, 2.45) is 0 Å². The van der Waals surface area contributed by atoms with Crippen LogP contribution in [-0.2, 0) is 0 Å². The normalized spacial score (nSPS) is 11.2. The fraction of sp³-hybridized carbons (Fsp3) is 0. The van der Waals surface area contributed by atoms with Crippen molar-refractivity contribution in [2.75, 3.05) is 0 Å². The maximum atomic E-state index is 9.61. The fourth-order valence-corrected chi connectivity index (χ4v) is 8.47. The average molecular weight is 805 g/mol. The Morgan fingerprint density at radius 3 is 1.41 bits per heavy atom. The molecule has 9 aromatic carbocycles. The minimum atomic E-state index is 0.529. The zero-order valence-electron chi connectivity index (χ0n) is 34.0. The minimum Gasteiger partial charge on any atom is -0.456 e. The Hall–Kier alpha value is -8.72. The molecule has 294 valence electrons. The molecule has 11 aromatic rings. The van der Waals surface area contributed by atoms with Gasteiger partial charge < -0.3 is 4.42 Å². The molecule has 2 heterocycles. The molecule has 0 bridgehead atoms. The molecule has 0 amide bonds. The summed E-state index contributed by atoms with van der Waals surface area (Å²) in [4.78, 5) is 15.4. The van der Waals surface area contributed by atoms with Gasteiger partial charge >= 0.3 is 0 Å². The zero-order chi connectivity index (χ0) is 42.1. The third-order valence-corrected chi connectivity index (χ3v) is 11.6. The van der Waals surface area contributed by atoms with Crippen LogP contribution in [0.5, 0.6) is 0 Å². The summed E-state index contributed by atoms with van der Waals surface area (Å²) in [5.41, 5.74) is 15.6. The van der Waals surface area contributed by atoms with E-state index in [-0.39, 0.29) is 0 Å². The summed E-state index contributed by atoms with van der Waals surface area (Å²) in [5.74, 6) is 1.62. The number of furan rings is 1. The van der Waals surface area contributed by atoms with Gasteiger partial charge in [0.15, 0.2) is 17.5 Å². The van der Waals surface area contributed by atoms with Gasteiger partial charge in [-0.3, -0.25) is 0 Å². The summed E-state index contributed by atoms with van der Waals surface area (Å²) in [6.45, 7) is 0. The van der Waals surface area contributed by atoms with Crippen molar-refractivity contribution in [3.05, 3.63) is 224 Å². The van der Waals surface area contributed by atoms with Crippen molar-refractivity contribution in [1.29, 1.82) is 5.26 Å². The lowest BCUT2D eigenvalue weighted by Gasteiger charge is -2.12. The molecule has 5 heteroatoms. The lowest BCUT2D eigenvalue weighted by Crippen LogP contribution is -2.00. The molecule has 0 fully saturated rings. The summed E-state index contributed by atoms with van der Waals surface area (Å²) in [7, 11) is 0. The summed E-state index contributed by atoms with van der Waals surface area (Å²) in [6, 6.07) is 77.0. The highest BCUT2D eigenvalue weighted by Crippen LogP contribution is 2.41. The first-order valence-electron chi connectivity index (χ1n) is 20.9. The highest BCUT2D eigenvalue weighted by Gasteiger charge is 2.19. The predicted molar refractivity (Wildman–Crippen MR) is 255 cm³/mol. The number of hydrogen-bond acceptors (Lipinski definition) is 5. The van der Waals surface area contributed by atoms with Gasteiger partial charge in [-0.15, -0.1) is 0 Å². The second-order valence-electron chi connectivity index (χ2n) is 15.5. The molecular formula is C58H36N4O. The molecule has 5 nitrogen and oxygen atoms in total. The van der Waals surface area contributed by atoms with E-state index < -0.39 is 0 Å². The highest BCUT2D eigenvalue weighted by molar-refractivity contribution is 6.14. The van der Waals surface area contributed by atoms with Gasteiger partial charge in [-0.05, 0) is 98.1 Å². The number of benzene rings is 9. The van der Waals surface area contributed by atoms with Crippen LogP contribution in [0.15, 0.2) is 223 Å². The van der Waals surface area contributed by atoms with Crippen molar-refractivity contribution in [2.45, 2.75) is 0 Å². The number of aromatic nitrogens is 3. The van der Waals surface area contributed by atoms with Crippen LogP contribution in [0, 0.1) is 11.3 Å². The van der Waals surface area contributed by atoms with Crippen molar-refractivity contribution in [1.82, 2.24) is 15.0 Å². The Morgan fingerprint density at radius 2 is 0.762 bits per heavy atom. The third-order valence-electron chi connectivity index (χ3n) is 11.6. The van der Waals surface area contributed by atoms with Crippen LogP contribution in [0.4, 0.5) is 0 Å². The molecule has 0 N–H and O–H groups in total. The Balaban J connectivity index is 1.03. The topological polar surface area (TPSA) is 75.6 Å². The lowest BCUT2D eigenvalue weighted by atomic mass is 9.92. The molecule has 63 heavy (non-hydrogen) atoms. The first-order valence-corrected chi connectivity index (χ1v) is 20.9.